The second kappa shape index (κ2) is 6.86. The smallest absolute Gasteiger partial charge is 0.446 e. The van der Waals surface area contributed by atoms with Gasteiger partial charge in [-0.1, -0.05) is 11.6 Å². The third-order valence-corrected chi connectivity index (χ3v) is 3.13. The van der Waals surface area contributed by atoms with Gasteiger partial charge < -0.3 is 4.74 Å². The van der Waals surface area contributed by atoms with Gasteiger partial charge in [0.15, 0.2) is 0 Å². The van der Waals surface area contributed by atoms with Crippen molar-refractivity contribution in [1.29, 1.82) is 5.26 Å². The Morgan fingerprint density at radius 1 is 1.50 bits per heavy atom. The van der Waals surface area contributed by atoms with Crippen molar-refractivity contribution in [2.75, 3.05) is 6.61 Å². The summed E-state index contributed by atoms with van der Waals surface area (Å²) in [6.07, 6.45) is -0.303. The molecule has 0 spiro atoms. The van der Waals surface area contributed by atoms with Gasteiger partial charge in [0.25, 0.3) is 0 Å². The maximum absolute atomic E-state index is 12.3. The molecule has 0 fully saturated rings. The van der Waals surface area contributed by atoms with Gasteiger partial charge in [-0.3, -0.25) is 4.79 Å². The summed E-state index contributed by atoms with van der Waals surface area (Å²) < 4.78 is 41.7. The van der Waals surface area contributed by atoms with Crippen LogP contribution >= 0.6 is 23.4 Å². The number of nitriles is 1. The summed E-state index contributed by atoms with van der Waals surface area (Å²) in [6, 6.07) is 3.94. The van der Waals surface area contributed by atoms with Crippen LogP contribution < -0.4 is 0 Å². The highest BCUT2D eigenvalue weighted by atomic mass is 35.5. The number of benzene rings is 1. The highest BCUT2D eigenvalue weighted by Crippen LogP contribution is 2.39. The predicted octanol–water partition coefficient (Wildman–Crippen LogP) is 3.93. The highest BCUT2D eigenvalue weighted by molar-refractivity contribution is 8.00. The summed E-state index contributed by atoms with van der Waals surface area (Å²) in [6.45, 7) is 1.75. The summed E-state index contributed by atoms with van der Waals surface area (Å²) in [5.74, 6) is -0.630. The molecule has 0 bridgehead atoms. The number of carbonyl (C=O) groups excluding carboxylic acids is 1. The Morgan fingerprint density at radius 2 is 2.15 bits per heavy atom. The van der Waals surface area contributed by atoms with Gasteiger partial charge in [0.2, 0.25) is 0 Å². The lowest BCUT2D eigenvalue weighted by molar-refractivity contribution is -0.142. The van der Waals surface area contributed by atoms with E-state index in [1.165, 1.54) is 0 Å². The maximum Gasteiger partial charge on any atom is 0.446 e. The summed E-state index contributed by atoms with van der Waals surface area (Å²) in [4.78, 5) is 11.2. The lowest BCUT2D eigenvalue weighted by Gasteiger charge is -2.10. The van der Waals surface area contributed by atoms with Gasteiger partial charge in [-0.2, -0.15) is 18.4 Å². The topological polar surface area (TPSA) is 50.1 Å². The molecule has 108 valence electrons. The van der Waals surface area contributed by atoms with Crippen LogP contribution in [0.1, 0.15) is 18.1 Å². The number of thioether (sulfide) groups is 1. The van der Waals surface area contributed by atoms with Gasteiger partial charge in [-0.15, -0.1) is 0 Å². The second-order valence-corrected chi connectivity index (χ2v) is 5.13. The van der Waals surface area contributed by atoms with E-state index in [4.69, 9.17) is 21.6 Å². The molecule has 0 radical (unpaired) electrons. The average molecular weight is 324 g/mol. The van der Waals surface area contributed by atoms with Crippen molar-refractivity contribution in [3.05, 3.63) is 28.3 Å². The third kappa shape index (κ3) is 4.94. The van der Waals surface area contributed by atoms with E-state index in [1.54, 1.807) is 13.0 Å². The zero-order chi connectivity index (χ0) is 15.3. The first-order valence-corrected chi connectivity index (χ1v) is 6.60. The van der Waals surface area contributed by atoms with Crippen LogP contribution in [0.5, 0.6) is 0 Å². The first kappa shape index (κ1) is 16.7. The van der Waals surface area contributed by atoms with E-state index >= 15 is 0 Å². The molecule has 8 heteroatoms. The molecule has 1 aromatic carbocycles. The molecule has 0 aliphatic rings. The molecule has 1 aromatic rings. The predicted molar refractivity (Wildman–Crippen MR) is 68.4 cm³/mol. The van der Waals surface area contributed by atoms with Crippen LogP contribution in [-0.4, -0.2) is 18.1 Å². The molecule has 3 nitrogen and oxygen atoms in total. The number of carbonyl (C=O) groups is 1. The van der Waals surface area contributed by atoms with Crippen LogP contribution in [0, 0.1) is 11.3 Å². The van der Waals surface area contributed by atoms with Gasteiger partial charge >= 0.3 is 11.5 Å². The molecule has 0 atom stereocenters. The number of ether oxygens (including phenoxy) is 1. The lowest BCUT2D eigenvalue weighted by Crippen LogP contribution is -2.09. The monoisotopic (exact) mass is 323 g/mol. The molecule has 0 saturated carbocycles. The Bertz CT molecular complexity index is 555. The number of hydrogen-bond acceptors (Lipinski definition) is 4. The number of hydrogen-bond donors (Lipinski definition) is 0. The maximum atomic E-state index is 12.3. The number of esters is 1. The fraction of sp³-hybridized carbons (Fsp3) is 0.333. The van der Waals surface area contributed by atoms with Crippen LogP contribution in [0.3, 0.4) is 0 Å². The van der Waals surface area contributed by atoms with Crippen molar-refractivity contribution in [3.8, 4) is 6.07 Å². The van der Waals surface area contributed by atoms with Crippen molar-refractivity contribution in [1.82, 2.24) is 0 Å². The van der Waals surface area contributed by atoms with Crippen molar-refractivity contribution in [2.45, 2.75) is 23.7 Å². The molecular weight excluding hydrogens is 315 g/mol. The first-order valence-electron chi connectivity index (χ1n) is 5.40. The second-order valence-electron chi connectivity index (χ2n) is 3.58. The third-order valence-electron chi connectivity index (χ3n) is 2.13. The van der Waals surface area contributed by atoms with E-state index < -0.39 is 11.5 Å². The molecule has 0 N–H and O–H groups in total. The Hall–Kier alpha value is -1.39. The molecule has 0 aromatic heterocycles. The van der Waals surface area contributed by atoms with Crippen molar-refractivity contribution in [2.24, 2.45) is 0 Å². The van der Waals surface area contributed by atoms with Crippen LogP contribution in [0.15, 0.2) is 17.0 Å². The zero-order valence-corrected chi connectivity index (χ0v) is 11.8. The average Bonchev–Trinajstić information content (AvgIpc) is 2.26. The van der Waals surface area contributed by atoms with Crippen molar-refractivity contribution < 1.29 is 22.7 Å². The van der Waals surface area contributed by atoms with E-state index in [-0.39, 0.29) is 45.8 Å². The Balaban J connectivity index is 3.13. The van der Waals surface area contributed by atoms with Crippen molar-refractivity contribution >= 4 is 29.3 Å². The van der Waals surface area contributed by atoms with Gasteiger partial charge in [-0.05, 0) is 36.4 Å². The molecule has 0 aliphatic heterocycles. The van der Waals surface area contributed by atoms with E-state index in [2.05, 4.69) is 0 Å². The summed E-state index contributed by atoms with van der Waals surface area (Å²) in [5, 5.41) is 8.83. The fourth-order valence-electron chi connectivity index (χ4n) is 1.46. The minimum atomic E-state index is -4.47. The minimum Gasteiger partial charge on any atom is -0.466 e. The quantitative estimate of drug-likeness (QED) is 0.622. The first-order chi connectivity index (χ1) is 9.26. The molecule has 1 rings (SSSR count). The molecule has 0 amide bonds. The molecule has 20 heavy (non-hydrogen) atoms. The minimum absolute atomic E-state index is 0.0220. The van der Waals surface area contributed by atoms with Gasteiger partial charge in [-0.25, -0.2) is 0 Å². The highest BCUT2D eigenvalue weighted by Gasteiger charge is 2.30. The standard InChI is InChI=1S/C12H9ClF3NO2S/c1-2-19-11(18)4-7-3-8(20-12(14,15)16)5-10(13)9(7)6-17/h3,5H,2,4H2,1H3. The van der Waals surface area contributed by atoms with E-state index in [0.717, 1.165) is 12.1 Å². The number of rotatable bonds is 4. The summed E-state index contributed by atoms with van der Waals surface area (Å²) in [5.41, 5.74) is -4.38. The van der Waals surface area contributed by atoms with Gasteiger partial charge in [0.05, 0.1) is 23.6 Å². The van der Waals surface area contributed by atoms with Crippen LogP contribution in [0.25, 0.3) is 0 Å². The van der Waals surface area contributed by atoms with E-state index in [9.17, 15) is 18.0 Å². The van der Waals surface area contributed by atoms with E-state index in [0.29, 0.717) is 0 Å². The number of alkyl halides is 3. The Morgan fingerprint density at radius 3 is 2.65 bits per heavy atom. The largest absolute Gasteiger partial charge is 0.466 e. The van der Waals surface area contributed by atoms with Crippen LogP contribution in [-0.2, 0) is 16.0 Å². The Kier molecular flexibility index (Phi) is 5.72. The molecule has 0 aliphatic carbocycles. The molecule has 0 heterocycles. The molecule has 0 unspecified atom stereocenters. The molecule has 0 saturated heterocycles. The summed E-state index contributed by atoms with van der Waals surface area (Å²) >= 11 is 5.41. The van der Waals surface area contributed by atoms with Crippen molar-refractivity contribution in [3.63, 3.8) is 0 Å². The van der Waals surface area contributed by atoms with Gasteiger partial charge in [0, 0.05) is 4.90 Å². The SMILES string of the molecule is CCOC(=O)Cc1cc(SC(F)(F)F)cc(Cl)c1C#N. The number of halogens is 4. The molecular formula is C12H9ClF3NO2S. The fourth-order valence-corrected chi connectivity index (χ4v) is 2.45. The number of nitrogens with zero attached hydrogens (tertiary/aromatic N) is 1. The van der Waals surface area contributed by atoms with Crippen LogP contribution in [0.2, 0.25) is 5.02 Å². The van der Waals surface area contributed by atoms with Gasteiger partial charge in [0.1, 0.15) is 6.07 Å². The normalized spacial score (nSPS) is 11.0. The van der Waals surface area contributed by atoms with Crippen LogP contribution in [0.4, 0.5) is 13.2 Å². The Labute approximate surface area is 122 Å². The lowest BCUT2D eigenvalue weighted by atomic mass is 10.1. The van der Waals surface area contributed by atoms with E-state index in [1.807, 2.05) is 0 Å². The zero-order valence-electron chi connectivity index (χ0n) is 10.3. The summed E-state index contributed by atoms with van der Waals surface area (Å²) in [7, 11) is 0.